The molecule has 1 amide bonds. The van der Waals surface area contributed by atoms with Gasteiger partial charge in [0.2, 0.25) is 0 Å². The van der Waals surface area contributed by atoms with Crippen LogP contribution >= 0.6 is 23.4 Å². The molecule has 3 aromatic carbocycles. The van der Waals surface area contributed by atoms with E-state index >= 15 is 0 Å². The lowest BCUT2D eigenvalue weighted by molar-refractivity contribution is -0.0875. The van der Waals surface area contributed by atoms with E-state index in [0.29, 0.717) is 42.2 Å². The van der Waals surface area contributed by atoms with E-state index in [1.807, 2.05) is 55.5 Å². The monoisotopic (exact) mass is 539 g/mol. The highest BCUT2D eigenvalue weighted by Crippen LogP contribution is 2.36. The van der Waals surface area contributed by atoms with Gasteiger partial charge < -0.3 is 19.5 Å². The molecule has 1 aliphatic heterocycles. The number of carbonyl (C=O) groups is 1. The number of aliphatic hydroxyl groups is 1. The Morgan fingerprint density at radius 2 is 1.89 bits per heavy atom. The molecule has 1 unspecified atom stereocenters. The first-order chi connectivity index (χ1) is 17.8. The summed E-state index contributed by atoms with van der Waals surface area (Å²) in [6.45, 7) is 2.61. The Morgan fingerprint density at radius 3 is 2.62 bits per heavy atom. The third-order valence-corrected chi connectivity index (χ3v) is 7.87. The van der Waals surface area contributed by atoms with E-state index in [4.69, 9.17) is 21.1 Å². The summed E-state index contributed by atoms with van der Waals surface area (Å²) in [7, 11) is 3.50. The van der Waals surface area contributed by atoms with Crippen LogP contribution in [0.15, 0.2) is 71.6 Å². The Labute approximate surface area is 228 Å². The van der Waals surface area contributed by atoms with E-state index in [-0.39, 0.29) is 18.1 Å². The molecule has 37 heavy (non-hydrogen) atoms. The van der Waals surface area contributed by atoms with Gasteiger partial charge in [-0.15, -0.1) is 11.8 Å². The molecule has 5 nitrogen and oxygen atoms in total. The van der Waals surface area contributed by atoms with Crippen molar-refractivity contribution in [1.82, 2.24) is 4.90 Å². The Morgan fingerprint density at radius 1 is 1.11 bits per heavy atom. The Balaban J connectivity index is 1.42. The zero-order valence-electron chi connectivity index (χ0n) is 21.5. The van der Waals surface area contributed by atoms with Crippen LogP contribution in [0.2, 0.25) is 5.02 Å². The topological polar surface area (TPSA) is 59.0 Å². The molecular weight excluding hydrogens is 506 g/mol. The third-order valence-electron chi connectivity index (χ3n) is 6.37. The molecule has 7 heteroatoms. The van der Waals surface area contributed by atoms with Crippen LogP contribution in [0, 0.1) is 0 Å². The summed E-state index contributed by atoms with van der Waals surface area (Å²) in [6.07, 6.45) is 1.11. The Kier molecular flexibility index (Phi) is 9.54. The molecule has 0 saturated carbocycles. The number of carbonyl (C=O) groups excluding carboxylic acids is 1. The molecule has 3 aromatic rings. The average Bonchev–Trinajstić information content (AvgIpc) is 2.89. The molecule has 3 atom stereocenters. The molecule has 0 radical (unpaired) electrons. The molecule has 196 valence electrons. The van der Waals surface area contributed by atoms with Crippen LogP contribution in [-0.2, 0) is 11.2 Å². The fourth-order valence-corrected chi connectivity index (χ4v) is 5.66. The first kappa shape index (κ1) is 27.5. The second-order valence-electron chi connectivity index (χ2n) is 9.51. The summed E-state index contributed by atoms with van der Waals surface area (Å²) in [6, 6.07) is 21.7. The van der Waals surface area contributed by atoms with Crippen molar-refractivity contribution in [3.05, 3.63) is 94.0 Å². The number of nitrogens with zero attached hydrogens (tertiary/aromatic N) is 1. The van der Waals surface area contributed by atoms with Crippen molar-refractivity contribution in [3.8, 4) is 5.75 Å². The first-order valence-electron chi connectivity index (χ1n) is 12.6. The largest absolute Gasteiger partial charge is 0.494 e. The fourth-order valence-electron chi connectivity index (χ4n) is 4.50. The van der Waals surface area contributed by atoms with Crippen LogP contribution in [0.25, 0.3) is 0 Å². The average molecular weight is 540 g/mol. The predicted molar refractivity (Wildman–Crippen MR) is 150 cm³/mol. The van der Waals surface area contributed by atoms with Crippen molar-refractivity contribution in [2.75, 3.05) is 26.5 Å². The van der Waals surface area contributed by atoms with Crippen LogP contribution in [-0.4, -0.2) is 54.6 Å². The second kappa shape index (κ2) is 12.8. The maximum atomic E-state index is 12.3. The predicted octanol–water partition coefficient (Wildman–Crippen LogP) is 6.40. The number of hydrogen-bond donors (Lipinski definition) is 1. The second-order valence-corrected chi connectivity index (χ2v) is 11.0. The van der Waals surface area contributed by atoms with E-state index in [9.17, 15) is 9.90 Å². The molecule has 0 aromatic heterocycles. The molecule has 1 fully saturated rings. The number of amides is 1. The van der Waals surface area contributed by atoms with E-state index in [2.05, 4.69) is 18.2 Å². The number of ether oxygens (including phenoxy) is 2. The lowest BCUT2D eigenvalue weighted by atomic mass is 9.94. The molecule has 0 bridgehead atoms. The quantitative estimate of drug-likeness (QED) is 0.319. The summed E-state index contributed by atoms with van der Waals surface area (Å²) >= 11 is 8.19. The van der Waals surface area contributed by atoms with Gasteiger partial charge in [-0.1, -0.05) is 41.9 Å². The van der Waals surface area contributed by atoms with Crippen LogP contribution in [0.4, 0.5) is 0 Å². The number of halogens is 1. The van der Waals surface area contributed by atoms with Gasteiger partial charge in [-0.3, -0.25) is 4.79 Å². The van der Waals surface area contributed by atoms with Gasteiger partial charge in [-0.2, -0.15) is 0 Å². The van der Waals surface area contributed by atoms with Gasteiger partial charge in [0.25, 0.3) is 5.91 Å². The van der Waals surface area contributed by atoms with Gasteiger partial charge in [0, 0.05) is 48.2 Å². The van der Waals surface area contributed by atoms with E-state index in [0.717, 1.165) is 27.3 Å². The molecule has 1 N–H and O–H groups in total. The summed E-state index contributed by atoms with van der Waals surface area (Å²) in [5.74, 6) is 1.53. The minimum absolute atomic E-state index is 0.0179. The number of benzene rings is 3. The van der Waals surface area contributed by atoms with Gasteiger partial charge in [-0.25, -0.2) is 0 Å². The highest BCUT2D eigenvalue weighted by atomic mass is 35.5. The normalized spacial score (nSPS) is 19.4. The summed E-state index contributed by atoms with van der Waals surface area (Å²) in [4.78, 5) is 14.9. The van der Waals surface area contributed by atoms with E-state index < -0.39 is 6.10 Å². The summed E-state index contributed by atoms with van der Waals surface area (Å²) < 4.78 is 12.0. The number of rotatable bonds is 9. The number of hydrogen-bond acceptors (Lipinski definition) is 5. The highest BCUT2D eigenvalue weighted by molar-refractivity contribution is 7.99. The van der Waals surface area contributed by atoms with E-state index in [1.165, 1.54) is 0 Å². The fraction of sp³-hybridized carbons (Fsp3) is 0.367. The van der Waals surface area contributed by atoms with Crippen molar-refractivity contribution >= 4 is 29.3 Å². The lowest BCUT2D eigenvalue weighted by Gasteiger charge is -2.33. The molecular formula is C30H34ClNO4S. The zero-order valence-corrected chi connectivity index (χ0v) is 23.1. The molecule has 0 aliphatic carbocycles. The minimum atomic E-state index is -0.434. The molecule has 1 saturated heterocycles. The summed E-state index contributed by atoms with van der Waals surface area (Å²) in [5.41, 5.74) is 3.87. The maximum absolute atomic E-state index is 12.3. The van der Waals surface area contributed by atoms with Crippen LogP contribution in [0.5, 0.6) is 5.75 Å². The Hall–Kier alpha value is -2.51. The molecule has 1 heterocycles. The third kappa shape index (κ3) is 7.51. The smallest absolute Gasteiger partial charge is 0.253 e. The summed E-state index contributed by atoms with van der Waals surface area (Å²) in [5, 5.41) is 11.4. The molecule has 1 aliphatic rings. The van der Waals surface area contributed by atoms with Gasteiger partial charge in [0.05, 0.1) is 24.9 Å². The lowest BCUT2D eigenvalue weighted by Crippen LogP contribution is -2.32. The van der Waals surface area contributed by atoms with Crippen molar-refractivity contribution in [1.29, 1.82) is 0 Å². The molecule has 4 rings (SSSR count). The highest BCUT2D eigenvalue weighted by Gasteiger charge is 2.30. The van der Waals surface area contributed by atoms with Crippen molar-refractivity contribution < 1.29 is 19.4 Å². The minimum Gasteiger partial charge on any atom is -0.494 e. The van der Waals surface area contributed by atoms with Crippen molar-refractivity contribution in [2.24, 2.45) is 0 Å². The van der Waals surface area contributed by atoms with Crippen molar-refractivity contribution in [2.45, 2.75) is 49.4 Å². The number of thioether (sulfide) groups is 1. The van der Waals surface area contributed by atoms with Crippen LogP contribution in [0.1, 0.15) is 52.9 Å². The van der Waals surface area contributed by atoms with Gasteiger partial charge in [0.15, 0.2) is 0 Å². The maximum Gasteiger partial charge on any atom is 0.253 e. The van der Waals surface area contributed by atoms with Crippen LogP contribution in [0.3, 0.4) is 0 Å². The first-order valence-corrected chi connectivity index (χ1v) is 14.0. The van der Waals surface area contributed by atoms with Gasteiger partial charge in [-0.05, 0) is 66.4 Å². The SMILES string of the molecule is CCOc1ccc(Cc2cc([C@H]3C[C@@H](O)CC(CSc4cccc(C(=O)N(C)C)c4)O3)ccc2Cl)cc1. The molecule has 0 spiro atoms. The Bertz CT molecular complexity index is 1200. The van der Waals surface area contributed by atoms with E-state index in [1.54, 1.807) is 30.8 Å². The standard InChI is InChI=1S/C30H34ClNO4S/c1-4-35-25-11-8-20(9-12-25)14-23-15-21(10-13-28(23)31)29-18-24(33)17-26(36-29)19-37-27-7-5-6-22(16-27)30(34)32(2)3/h5-13,15-16,24,26,29,33H,4,14,17-19H2,1-3H3/t24-,26?,29+/m0/s1. The van der Waals surface area contributed by atoms with Crippen LogP contribution < -0.4 is 4.74 Å². The van der Waals surface area contributed by atoms with Crippen molar-refractivity contribution in [3.63, 3.8) is 0 Å². The number of aliphatic hydroxyl groups excluding tert-OH is 1. The van der Waals surface area contributed by atoms with Gasteiger partial charge >= 0.3 is 0 Å². The zero-order chi connectivity index (χ0) is 26.4. The van der Waals surface area contributed by atoms with Gasteiger partial charge in [0.1, 0.15) is 5.75 Å².